The van der Waals surface area contributed by atoms with Crippen molar-refractivity contribution in [3.8, 4) is 11.5 Å². The van der Waals surface area contributed by atoms with Crippen molar-refractivity contribution in [2.75, 3.05) is 40.4 Å². The number of rotatable bonds is 14. The number of nitrogens with one attached hydrogen (secondary N) is 2. The van der Waals surface area contributed by atoms with E-state index in [1.54, 1.807) is 52.4 Å². The molecule has 2 aliphatic rings. The van der Waals surface area contributed by atoms with E-state index in [4.69, 9.17) is 14.2 Å². The van der Waals surface area contributed by atoms with E-state index in [2.05, 4.69) is 92.1 Å². The van der Waals surface area contributed by atoms with Gasteiger partial charge in [-0.05, 0) is 148 Å². The summed E-state index contributed by atoms with van der Waals surface area (Å²) in [7, 11) is 3.30. The molecule has 2 fully saturated rings. The fraction of sp³-hybridized carbons (Fsp3) is 0.373. The van der Waals surface area contributed by atoms with Gasteiger partial charge in [-0.25, -0.2) is 30.2 Å². The summed E-state index contributed by atoms with van der Waals surface area (Å²) in [5.41, 5.74) is 15.8. The molecule has 2 saturated heterocycles. The van der Waals surface area contributed by atoms with Crippen LogP contribution in [0.4, 0.5) is 14.4 Å². The minimum absolute atomic E-state index is 0.00462. The highest BCUT2D eigenvalue weighted by Gasteiger charge is 2.40. The zero-order valence-corrected chi connectivity index (χ0v) is 38.7. The molecule has 2 atom stereocenters. The molecule has 13 heteroatoms. The largest absolute Gasteiger partial charge is 0.497 e. The topological polar surface area (TPSA) is 129 Å². The summed E-state index contributed by atoms with van der Waals surface area (Å²) in [6, 6.07) is 32.1. The highest BCUT2D eigenvalue weighted by molar-refractivity contribution is 5.80. The van der Waals surface area contributed by atoms with Gasteiger partial charge in [-0.2, -0.15) is 0 Å². The number of ether oxygens (including phenoxy) is 3. The van der Waals surface area contributed by atoms with Crippen molar-refractivity contribution in [2.24, 2.45) is 0 Å². The molecule has 64 heavy (non-hydrogen) atoms. The van der Waals surface area contributed by atoms with Gasteiger partial charge in [0.05, 0.1) is 39.4 Å². The van der Waals surface area contributed by atoms with Crippen molar-refractivity contribution in [1.82, 2.24) is 35.7 Å². The SMILES string of the molecule is COc1ccc(CCN2C(=O)N(NC(=O)OC(C)(C)C)CC2c2ccc(C)c(C)c2)cc1.COc1ccc(CCN2C(=O)N(NCc3ccncc3)CC2c2ccc(C)c(C)c2)cc1. The number of methoxy groups -OCH3 is 2. The van der Waals surface area contributed by atoms with Crippen molar-refractivity contribution in [1.29, 1.82) is 0 Å². The van der Waals surface area contributed by atoms with Crippen molar-refractivity contribution in [2.45, 2.75) is 85.5 Å². The standard InChI is InChI=1S/C26H30N4O2.C25H33N3O4/c1-19-4-7-23(16-20(19)2)25-18-30(28-17-22-10-13-27-14-11-22)26(31)29(25)15-12-21-5-8-24(32-3)9-6-21;1-17-7-10-20(15-18(17)2)22-16-28(26-23(29)32-25(3,4)5)24(30)27(22)14-13-19-8-11-21(31-6)12-9-19/h4-11,13-14,16,25,28H,12,15,17-18H2,1-3H3;7-12,15,22H,13-14,16H2,1-6H3,(H,26,29). The van der Waals surface area contributed by atoms with Gasteiger partial charge in [0.15, 0.2) is 0 Å². The summed E-state index contributed by atoms with van der Waals surface area (Å²) in [4.78, 5) is 46.7. The molecule has 2 N–H and O–H groups in total. The zero-order valence-electron chi connectivity index (χ0n) is 38.7. The third-order valence-electron chi connectivity index (χ3n) is 11.7. The lowest BCUT2D eigenvalue weighted by Crippen LogP contribution is -2.47. The second kappa shape index (κ2) is 21.2. The average Bonchev–Trinajstić information content (AvgIpc) is 3.77. The number of benzene rings is 4. The number of hydrogen-bond donors (Lipinski definition) is 2. The Bertz CT molecular complexity index is 2350. The van der Waals surface area contributed by atoms with Crippen LogP contribution in [0.15, 0.2) is 109 Å². The summed E-state index contributed by atoms with van der Waals surface area (Å²) in [5.74, 6) is 1.64. The van der Waals surface area contributed by atoms with E-state index in [1.807, 2.05) is 58.3 Å². The molecule has 338 valence electrons. The van der Waals surface area contributed by atoms with E-state index in [9.17, 15) is 14.4 Å². The van der Waals surface area contributed by atoms with E-state index < -0.39 is 11.7 Å². The zero-order chi connectivity index (χ0) is 46.0. The van der Waals surface area contributed by atoms with Crippen LogP contribution in [0.5, 0.6) is 11.5 Å². The monoisotopic (exact) mass is 869 g/mol. The van der Waals surface area contributed by atoms with Crippen LogP contribution >= 0.6 is 0 Å². The predicted octanol–water partition coefficient (Wildman–Crippen LogP) is 9.21. The highest BCUT2D eigenvalue weighted by atomic mass is 16.6. The number of pyridine rings is 1. The van der Waals surface area contributed by atoms with Crippen molar-refractivity contribution in [3.05, 3.63) is 160 Å². The molecule has 2 aliphatic heterocycles. The van der Waals surface area contributed by atoms with E-state index in [-0.39, 0.29) is 24.1 Å². The van der Waals surface area contributed by atoms with E-state index >= 15 is 0 Å². The number of hydrogen-bond acceptors (Lipinski definition) is 8. The van der Waals surface area contributed by atoms with E-state index in [1.165, 1.54) is 38.4 Å². The predicted molar refractivity (Wildman–Crippen MR) is 249 cm³/mol. The number of nitrogens with zero attached hydrogens (tertiary/aromatic N) is 5. The Kier molecular flexibility index (Phi) is 15.5. The van der Waals surface area contributed by atoms with Crippen LogP contribution in [0.3, 0.4) is 0 Å². The molecule has 5 amide bonds. The maximum atomic E-state index is 13.3. The van der Waals surface area contributed by atoms with Gasteiger partial charge in [-0.3, -0.25) is 9.99 Å². The molecule has 0 bridgehead atoms. The number of aryl methyl sites for hydroxylation is 4. The van der Waals surface area contributed by atoms with Crippen molar-refractivity contribution in [3.63, 3.8) is 0 Å². The lowest BCUT2D eigenvalue weighted by atomic mass is 10.0. The lowest BCUT2D eigenvalue weighted by Gasteiger charge is -2.24. The third kappa shape index (κ3) is 12.3. The molecule has 7 rings (SSSR count). The Labute approximate surface area is 378 Å². The maximum absolute atomic E-state index is 13.3. The maximum Gasteiger partial charge on any atom is 0.426 e. The summed E-state index contributed by atoms with van der Waals surface area (Å²) < 4.78 is 15.8. The van der Waals surface area contributed by atoms with Gasteiger partial charge >= 0.3 is 18.2 Å². The summed E-state index contributed by atoms with van der Waals surface area (Å²) >= 11 is 0. The molecule has 0 spiro atoms. The van der Waals surface area contributed by atoms with Crippen LogP contribution in [0.1, 0.15) is 82.9 Å². The van der Waals surface area contributed by atoms with Gasteiger partial charge in [0.2, 0.25) is 0 Å². The van der Waals surface area contributed by atoms with Gasteiger partial charge in [0, 0.05) is 32.0 Å². The minimum Gasteiger partial charge on any atom is -0.497 e. The number of urea groups is 2. The summed E-state index contributed by atoms with van der Waals surface area (Å²) in [6.45, 7) is 16.4. The van der Waals surface area contributed by atoms with Crippen LogP contribution in [0.25, 0.3) is 0 Å². The number of amides is 5. The Hall–Kier alpha value is -6.60. The average molecular weight is 870 g/mol. The van der Waals surface area contributed by atoms with Crippen LogP contribution in [-0.4, -0.2) is 89.0 Å². The minimum atomic E-state index is -0.644. The molecule has 0 aliphatic carbocycles. The first kappa shape index (κ1) is 46.9. The fourth-order valence-corrected chi connectivity index (χ4v) is 7.70. The van der Waals surface area contributed by atoms with Gasteiger partial charge in [-0.1, -0.05) is 60.7 Å². The van der Waals surface area contributed by atoms with Gasteiger partial charge in [0.1, 0.15) is 17.1 Å². The fourth-order valence-electron chi connectivity index (χ4n) is 7.70. The molecule has 1 aromatic heterocycles. The smallest absolute Gasteiger partial charge is 0.426 e. The van der Waals surface area contributed by atoms with Crippen molar-refractivity contribution >= 4 is 18.2 Å². The second-order valence-electron chi connectivity index (χ2n) is 17.4. The molecule has 2 unspecified atom stereocenters. The van der Waals surface area contributed by atoms with Crippen LogP contribution in [0.2, 0.25) is 0 Å². The summed E-state index contributed by atoms with van der Waals surface area (Å²) in [6.07, 6.45) is 4.37. The number of aromatic nitrogens is 1. The van der Waals surface area contributed by atoms with E-state index in [0.29, 0.717) is 39.1 Å². The highest BCUT2D eigenvalue weighted by Crippen LogP contribution is 2.32. The number of hydrazine groups is 2. The molecular weight excluding hydrogens is 807 g/mol. The van der Waals surface area contributed by atoms with Crippen LogP contribution in [-0.2, 0) is 24.1 Å². The normalized spacial score (nSPS) is 16.1. The first-order valence-electron chi connectivity index (χ1n) is 21.8. The number of carbonyl (C=O) groups is 3. The van der Waals surface area contributed by atoms with Crippen LogP contribution < -0.4 is 20.3 Å². The first-order valence-corrected chi connectivity index (χ1v) is 21.8. The van der Waals surface area contributed by atoms with Gasteiger partial charge in [-0.15, -0.1) is 0 Å². The quantitative estimate of drug-likeness (QED) is 0.113. The number of carbonyl (C=O) groups excluding carboxylic acids is 3. The molecule has 5 aromatic rings. The second-order valence-corrected chi connectivity index (χ2v) is 17.4. The Morgan fingerprint density at radius 1 is 0.625 bits per heavy atom. The van der Waals surface area contributed by atoms with Crippen molar-refractivity contribution < 1.29 is 28.6 Å². The molecule has 0 saturated carbocycles. The van der Waals surface area contributed by atoms with E-state index in [0.717, 1.165) is 34.6 Å². The van der Waals surface area contributed by atoms with Gasteiger partial charge < -0.3 is 24.0 Å². The molecule has 3 heterocycles. The van der Waals surface area contributed by atoms with Crippen LogP contribution in [0, 0.1) is 27.7 Å². The molecule has 4 aromatic carbocycles. The molecule has 0 radical (unpaired) electrons. The molecule has 13 nitrogen and oxygen atoms in total. The van der Waals surface area contributed by atoms with Gasteiger partial charge in [0.25, 0.3) is 0 Å². The summed E-state index contributed by atoms with van der Waals surface area (Å²) in [5, 5.41) is 3.09. The lowest BCUT2D eigenvalue weighted by molar-refractivity contribution is 0.0396. The molecular formula is C51H63N7O6. The Morgan fingerprint density at radius 2 is 1.08 bits per heavy atom. The Morgan fingerprint density at radius 3 is 1.52 bits per heavy atom. The Balaban J connectivity index is 0.000000213. The first-order chi connectivity index (χ1) is 30.6. The third-order valence-corrected chi connectivity index (χ3v) is 11.7.